The van der Waals surface area contributed by atoms with Gasteiger partial charge in [0.15, 0.2) is 5.58 Å². The molecule has 0 N–H and O–H groups in total. The van der Waals surface area contributed by atoms with Gasteiger partial charge in [-0.05, 0) is 36.5 Å². The van der Waals surface area contributed by atoms with E-state index in [2.05, 4.69) is 100 Å². The summed E-state index contributed by atoms with van der Waals surface area (Å²) in [7, 11) is 0. The average Bonchev–Trinajstić information content (AvgIpc) is 3.51. The number of carbonyl (C=O) groups is 1. The first kappa shape index (κ1) is 25.2. The number of benzene rings is 3. The second kappa shape index (κ2) is 11.3. The van der Waals surface area contributed by atoms with Gasteiger partial charge in [0.05, 0.1) is 11.6 Å². The quantitative estimate of drug-likeness (QED) is 0.229. The Morgan fingerprint density at radius 2 is 1.38 bits per heavy atom. The molecule has 0 radical (unpaired) electrons. The van der Waals surface area contributed by atoms with Crippen molar-refractivity contribution in [2.45, 2.75) is 32.4 Å². The van der Waals surface area contributed by atoms with Crippen LogP contribution in [0.4, 0.5) is 0 Å². The number of rotatable bonds is 8. The molecule has 0 spiro atoms. The second-order valence-electron chi connectivity index (χ2n) is 10.4. The zero-order valence-corrected chi connectivity index (χ0v) is 22.5. The van der Waals surface area contributed by atoms with Crippen molar-refractivity contribution in [2.75, 3.05) is 26.2 Å². The maximum Gasteiger partial charge on any atom is 0.270 e. The van der Waals surface area contributed by atoms with Gasteiger partial charge in [0.2, 0.25) is 0 Å². The summed E-state index contributed by atoms with van der Waals surface area (Å²) in [4.78, 5) is 18.4. The number of carbonyl (C=O) groups excluding carboxylic acids is 1. The van der Waals surface area contributed by atoms with Gasteiger partial charge in [0.1, 0.15) is 11.5 Å². The van der Waals surface area contributed by atoms with Crippen molar-refractivity contribution in [3.63, 3.8) is 0 Å². The molecule has 5 nitrogen and oxygen atoms in total. The lowest BCUT2D eigenvalue weighted by molar-refractivity contribution is 0.0587. The Bertz CT molecular complexity index is 1480. The number of aryl methyl sites for hydroxylation is 3. The Hall–Kier alpha value is -4.09. The average molecular weight is 518 g/mol. The van der Waals surface area contributed by atoms with E-state index in [1.54, 1.807) is 0 Å². The summed E-state index contributed by atoms with van der Waals surface area (Å²) in [6, 6.07) is 36.1. The molecule has 1 aliphatic rings. The monoisotopic (exact) mass is 517 g/mol. The predicted molar refractivity (Wildman–Crippen MR) is 156 cm³/mol. The van der Waals surface area contributed by atoms with E-state index in [-0.39, 0.29) is 11.9 Å². The number of aromatic nitrogens is 1. The standard InChI is InChI=1S/C34H35N3O2/c1-26-24-30-32(39-26)25-31(37(30)19-11-14-27-12-5-2-6-13-27)34(38)36-22-20-35(21-23-36)33(28-15-7-3-8-16-28)29-17-9-4-10-18-29/h2-10,12-13,15-18,24-25,33H,11,14,19-23H2,1H3. The molecule has 6 rings (SSSR count). The summed E-state index contributed by atoms with van der Waals surface area (Å²) in [5.41, 5.74) is 6.42. The van der Waals surface area contributed by atoms with Crippen LogP contribution in [0.1, 0.15) is 45.4 Å². The van der Waals surface area contributed by atoms with Gasteiger partial charge in [-0.2, -0.15) is 0 Å². The first-order valence-electron chi connectivity index (χ1n) is 13.9. The van der Waals surface area contributed by atoms with Gasteiger partial charge >= 0.3 is 0 Å². The van der Waals surface area contributed by atoms with Crippen LogP contribution in [0.5, 0.6) is 0 Å². The fourth-order valence-corrected chi connectivity index (χ4v) is 5.90. The van der Waals surface area contributed by atoms with E-state index in [0.717, 1.165) is 55.0 Å². The summed E-state index contributed by atoms with van der Waals surface area (Å²) in [6.07, 6.45) is 1.94. The first-order chi connectivity index (χ1) is 19.2. The zero-order chi connectivity index (χ0) is 26.6. The van der Waals surface area contributed by atoms with Crippen molar-refractivity contribution in [3.8, 4) is 0 Å². The molecular weight excluding hydrogens is 482 g/mol. The molecule has 3 aromatic carbocycles. The number of piperazine rings is 1. The van der Waals surface area contributed by atoms with E-state index in [0.29, 0.717) is 13.1 Å². The molecular formula is C34H35N3O2. The van der Waals surface area contributed by atoms with Crippen LogP contribution in [0.25, 0.3) is 11.1 Å². The molecule has 2 aromatic heterocycles. The van der Waals surface area contributed by atoms with Gasteiger partial charge in [-0.1, -0.05) is 91.0 Å². The SMILES string of the molecule is Cc1cc2c(cc(C(=O)N3CCN(C(c4ccccc4)c4ccccc4)CC3)n2CCCc2ccccc2)o1. The molecule has 5 heteroatoms. The van der Waals surface area contributed by atoms with Crippen LogP contribution >= 0.6 is 0 Å². The summed E-state index contributed by atoms with van der Waals surface area (Å²) >= 11 is 0. The van der Waals surface area contributed by atoms with E-state index in [1.165, 1.54) is 16.7 Å². The maximum atomic E-state index is 13.9. The number of hydrogen-bond acceptors (Lipinski definition) is 3. The topological polar surface area (TPSA) is 41.6 Å². The molecule has 1 fully saturated rings. The van der Waals surface area contributed by atoms with Crippen LogP contribution in [-0.2, 0) is 13.0 Å². The van der Waals surface area contributed by atoms with Crippen LogP contribution in [0.2, 0.25) is 0 Å². The van der Waals surface area contributed by atoms with Crippen molar-refractivity contribution in [1.29, 1.82) is 0 Å². The minimum atomic E-state index is 0.0920. The third-order valence-electron chi connectivity index (χ3n) is 7.82. The molecule has 1 saturated heterocycles. The van der Waals surface area contributed by atoms with Crippen LogP contribution in [0.15, 0.2) is 108 Å². The van der Waals surface area contributed by atoms with E-state index < -0.39 is 0 Å². The largest absolute Gasteiger partial charge is 0.460 e. The van der Waals surface area contributed by atoms with Gasteiger partial charge in [-0.25, -0.2) is 0 Å². The number of nitrogens with zero attached hydrogens (tertiary/aromatic N) is 3. The molecule has 3 heterocycles. The van der Waals surface area contributed by atoms with Crippen LogP contribution < -0.4 is 0 Å². The highest BCUT2D eigenvalue weighted by Crippen LogP contribution is 2.30. The van der Waals surface area contributed by atoms with Crippen molar-refractivity contribution >= 4 is 17.0 Å². The van der Waals surface area contributed by atoms with Crippen molar-refractivity contribution in [1.82, 2.24) is 14.4 Å². The van der Waals surface area contributed by atoms with Crippen LogP contribution in [-0.4, -0.2) is 46.5 Å². The fourth-order valence-electron chi connectivity index (χ4n) is 5.90. The van der Waals surface area contributed by atoms with Crippen molar-refractivity contribution in [2.24, 2.45) is 0 Å². The summed E-state index contributed by atoms with van der Waals surface area (Å²) in [5.74, 6) is 0.965. The van der Waals surface area contributed by atoms with Crippen LogP contribution in [0.3, 0.4) is 0 Å². The summed E-state index contributed by atoms with van der Waals surface area (Å²) in [6.45, 7) is 5.79. The Morgan fingerprint density at radius 3 is 2.00 bits per heavy atom. The highest BCUT2D eigenvalue weighted by atomic mass is 16.3. The molecule has 1 aliphatic heterocycles. The first-order valence-corrected chi connectivity index (χ1v) is 13.9. The van der Waals surface area contributed by atoms with Crippen LogP contribution in [0, 0.1) is 6.92 Å². The second-order valence-corrected chi connectivity index (χ2v) is 10.4. The fraction of sp³-hybridized carbons (Fsp3) is 0.265. The van der Waals surface area contributed by atoms with E-state index in [4.69, 9.17) is 4.42 Å². The van der Waals surface area contributed by atoms with E-state index in [1.807, 2.05) is 24.0 Å². The normalized spacial score (nSPS) is 14.4. The third kappa shape index (κ3) is 5.41. The molecule has 39 heavy (non-hydrogen) atoms. The van der Waals surface area contributed by atoms with Gasteiger partial charge in [-0.3, -0.25) is 9.69 Å². The molecule has 198 valence electrons. The Kier molecular flexibility index (Phi) is 7.33. The maximum absolute atomic E-state index is 13.9. The highest BCUT2D eigenvalue weighted by molar-refractivity contribution is 5.97. The molecule has 1 amide bonds. The lowest BCUT2D eigenvalue weighted by Gasteiger charge is -2.39. The smallest absolute Gasteiger partial charge is 0.270 e. The number of fused-ring (bicyclic) bond motifs is 1. The highest BCUT2D eigenvalue weighted by Gasteiger charge is 2.30. The number of furan rings is 1. The van der Waals surface area contributed by atoms with E-state index >= 15 is 0 Å². The zero-order valence-electron chi connectivity index (χ0n) is 22.5. The minimum Gasteiger partial charge on any atom is -0.460 e. The Morgan fingerprint density at radius 1 is 0.795 bits per heavy atom. The summed E-state index contributed by atoms with van der Waals surface area (Å²) < 4.78 is 8.10. The lowest BCUT2D eigenvalue weighted by atomic mass is 9.96. The summed E-state index contributed by atoms with van der Waals surface area (Å²) in [5, 5.41) is 0. The minimum absolute atomic E-state index is 0.0920. The number of amides is 1. The number of hydrogen-bond donors (Lipinski definition) is 0. The molecule has 5 aromatic rings. The van der Waals surface area contributed by atoms with E-state index in [9.17, 15) is 4.79 Å². The molecule has 0 saturated carbocycles. The predicted octanol–water partition coefficient (Wildman–Crippen LogP) is 6.72. The Balaban J connectivity index is 1.19. The van der Waals surface area contributed by atoms with Gasteiger partial charge in [-0.15, -0.1) is 0 Å². The third-order valence-corrected chi connectivity index (χ3v) is 7.82. The molecule has 0 unspecified atom stereocenters. The van der Waals surface area contributed by atoms with Gasteiger partial charge in [0, 0.05) is 44.9 Å². The molecule has 0 atom stereocenters. The van der Waals surface area contributed by atoms with Crippen molar-refractivity contribution in [3.05, 3.63) is 131 Å². The Labute approximate surface area is 230 Å². The lowest BCUT2D eigenvalue weighted by Crippen LogP contribution is -2.50. The van der Waals surface area contributed by atoms with Gasteiger partial charge in [0.25, 0.3) is 5.91 Å². The molecule has 0 aliphatic carbocycles. The van der Waals surface area contributed by atoms with Crippen molar-refractivity contribution < 1.29 is 9.21 Å². The molecule has 0 bridgehead atoms. The van der Waals surface area contributed by atoms with Gasteiger partial charge < -0.3 is 13.9 Å².